The number of carbonyl (C=O) groups is 1. The van der Waals surface area contributed by atoms with Crippen LogP contribution in [-0.4, -0.2) is 10.9 Å². The number of para-hydroxylation sites is 1. The minimum absolute atomic E-state index is 0.0520. The third-order valence-electron chi connectivity index (χ3n) is 4.56. The molecule has 150 valence electrons. The van der Waals surface area contributed by atoms with E-state index in [1.807, 2.05) is 53.9 Å². The van der Waals surface area contributed by atoms with Crippen molar-refractivity contribution in [2.24, 2.45) is 0 Å². The van der Waals surface area contributed by atoms with E-state index in [1.165, 1.54) is 11.1 Å². The molecule has 4 aromatic rings. The molecule has 0 atom stereocenters. The number of benzene rings is 3. The molecule has 0 saturated heterocycles. The number of amides is 1. The van der Waals surface area contributed by atoms with E-state index >= 15 is 0 Å². The zero-order chi connectivity index (χ0) is 20.8. The molecule has 4 rings (SSSR count). The Labute approximate surface area is 185 Å². The van der Waals surface area contributed by atoms with Gasteiger partial charge in [-0.15, -0.1) is 23.1 Å². The molecule has 0 spiro atoms. The summed E-state index contributed by atoms with van der Waals surface area (Å²) < 4.78 is 0. The molecule has 0 unspecified atom stereocenters. The van der Waals surface area contributed by atoms with Crippen molar-refractivity contribution in [3.63, 3.8) is 0 Å². The molecule has 1 aromatic heterocycles. The summed E-state index contributed by atoms with van der Waals surface area (Å²) in [7, 11) is 0. The number of hydrogen-bond acceptors (Lipinski definition) is 4. The van der Waals surface area contributed by atoms with Crippen molar-refractivity contribution in [2.75, 3.05) is 5.32 Å². The molecule has 0 radical (unpaired) electrons. The van der Waals surface area contributed by atoms with Gasteiger partial charge in [0.2, 0.25) is 5.91 Å². The lowest BCUT2D eigenvalue weighted by Crippen LogP contribution is -2.15. The number of thiazole rings is 1. The molecule has 5 heteroatoms. The van der Waals surface area contributed by atoms with Crippen molar-refractivity contribution < 1.29 is 4.79 Å². The number of nitrogens with one attached hydrogen (secondary N) is 1. The number of aryl methyl sites for hydroxylation is 1. The minimum atomic E-state index is -0.0520. The SMILES string of the molecule is Cc1cccc(-c2nc(CC(=O)Nc3ccccc3SCc3ccccc3)cs2)c1. The van der Waals surface area contributed by atoms with Gasteiger partial charge in [0.25, 0.3) is 0 Å². The molecule has 3 aromatic carbocycles. The Hall–Kier alpha value is -2.89. The van der Waals surface area contributed by atoms with Crippen LogP contribution in [0.5, 0.6) is 0 Å². The van der Waals surface area contributed by atoms with Crippen molar-refractivity contribution in [2.45, 2.75) is 24.0 Å². The first kappa shape index (κ1) is 20.4. The van der Waals surface area contributed by atoms with E-state index in [9.17, 15) is 4.79 Å². The molecule has 0 aliphatic rings. The lowest BCUT2D eigenvalue weighted by Gasteiger charge is -2.10. The molecule has 30 heavy (non-hydrogen) atoms. The van der Waals surface area contributed by atoms with Crippen LogP contribution in [0.4, 0.5) is 5.69 Å². The zero-order valence-corrected chi connectivity index (χ0v) is 18.3. The average molecular weight is 431 g/mol. The van der Waals surface area contributed by atoms with Gasteiger partial charge in [0, 0.05) is 21.6 Å². The van der Waals surface area contributed by atoms with Gasteiger partial charge in [-0.2, -0.15) is 0 Å². The number of hydrogen-bond donors (Lipinski definition) is 1. The van der Waals surface area contributed by atoms with Crippen LogP contribution in [-0.2, 0) is 17.0 Å². The van der Waals surface area contributed by atoms with Crippen molar-refractivity contribution in [3.05, 3.63) is 101 Å². The summed E-state index contributed by atoms with van der Waals surface area (Å²) in [6, 6.07) is 26.5. The number of thioether (sulfide) groups is 1. The standard InChI is InChI=1S/C25H22N2OS2/c1-18-8-7-11-20(14-18)25-26-21(17-30-25)15-24(28)27-22-12-5-6-13-23(22)29-16-19-9-3-2-4-10-19/h2-14,17H,15-16H2,1H3,(H,27,28). The van der Waals surface area contributed by atoms with E-state index in [2.05, 4.69) is 47.6 Å². The first-order valence-electron chi connectivity index (χ1n) is 9.74. The molecule has 1 amide bonds. The molecule has 1 N–H and O–H groups in total. The third-order valence-corrected chi connectivity index (χ3v) is 6.64. The van der Waals surface area contributed by atoms with Gasteiger partial charge < -0.3 is 5.32 Å². The fraction of sp³-hybridized carbons (Fsp3) is 0.120. The highest BCUT2D eigenvalue weighted by molar-refractivity contribution is 7.98. The summed E-state index contributed by atoms with van der Waals surface area (Å²) in [5, 5.41) is 5.97. The average Bonchev–Trinajstić information content (AvgIpc) is 3.22. The second kappa shape index (κ2) is 9.74. The first-order chi connectivity index (χ1) is 14.7. The maximum absolute atomic E-state index is 12.7. The van der Waals surface area contributed by atoms with Crippen LogP contribution < -0.4 is 5.32 Å². The van der Waals surface area contributed by atoms with Gasteiger partial charge in [-0.05, 0) is 30.7 Å². The van der Waals surface area contributed by atoms with Crippen molar-refractivity contribution in [3.8, 4) is 10.6 Å². The van der Waals surface area contributed by atoms with E-state index < -0.39 is 0 Å². The number of nitrogens with zero attached hydrogens (tertiary/aromatic N) is 1. The van der Waals surface area contributed by atoms with Crippen LogP contribution >= 0.6 is 23.1 Å². The molecule has 0 bridgehead atoms. The van der Waals surface area contributed by atoms with Crippen LogP contribution in [0, 0.1) is 6.92 Å². The summed E-state index contributed by atoms with van der Waals surface area (Å²) >= 11 is 3.30. The molecular weight excluding hydrogens is 408 g/mol. The van der Waals surface area contributed by atoms with E-state index in [-0.39, 0.29) is 12.3 Å². The maximum atomic E-state index is 12.7. The summed E-state index contributed by atoms with van der Waals surface area (Å²) in [5.74, 6) is 0.809. The minimum Gasteiger partial charge on any atom is -0.325 e. The highest BCUT2D eigenvalue weighted by Gasteiger charge is 2.11. The predicted molar refractivity (Wildman–Crippen MR) is 127 cm³/mol. The number of carbonyl (C=O) groups excluding carboxylic acids is 1. The summed E-state index contributed by atoms with van der Waals surface area (Å²) in [5.41, 5.74) is 5.19. The van der Waals surface area contributed by atoms with Crippen LogP contribution in [0.25, 0.3) is 10.6 Å². The number of rotatable bonds is 7. The van der Waals surface area contributed by atoms with Crippen molar-refractivity contribution in [1.82, 2.24) is 4.98 Å². The molecule has 0 saturated carbocycles. The predicted octanol–water partition coefficient (Wildman–Crippen LogP) is 6.59. The molecule has 0 aliphatic heterocycles. The van der Waals surface area contributed by atoms with Crippen LogP contribution in [0.1, 0.15) is 16.8 Å². The van der Waals surface area contributed by atoms with Crippen LogP contribution in [0.15, 0.2) is 89.1 Å². The molecule has 0 fully saturated rings. The first-order valence-corrected chi connectivity index (χ1v) is 11.6. The Morgan fingerprint density at radius 3 is 2.63 bits per heavy atom. The molecular formula is C25H22N2OS2. The van der Waals surface area contributed by atoms with Gasteiger partial charge in [0.05, 0.1) is 17.8 Å². The Morgan fingerprint density at radius 1 is 1.00 bits per heavy atom. The van der Waals surface area contributed by atoms with Crippen molar-refractivity contribution >= 4 is 34.7 Å². The number of anilines is 1. The van der Waals surface area contributed by atoms with Gasteiger partial charge in [0.1, 0.15) is 5.01 Å². The van der Waals surface area contributed by atoms with E-state index in [0.717, 1.165) is 32.6 Å². The second-order valence-corrected chi connectivity index (χ2v) is 8.88. The third kappa shape index (κ3) is 5.38. The Kier molecular flexibility index (Phi) is 6.62. The summed E-state index contributed by atoms with van der Waals surface area (Å²) in [6.45, 7) is 2.07. The molecule has 3 nitrogen and oxygen atoms in total. The fourth-order valence-corrected chi connectivity index (χ4v) is 4.87. The lowest BCUT2D eigenvalue weighted by atomic mass is 10.1. The highest BCUT2D eigenvalue weighted by Crippen LogP contribution is 2.30. The van der Waals surface area contributed by atoms with E-state index in [4.69, 9.17) is 0 Å². The molecule has 0 aliphatic carbocycles. The molecule has 1 heterocycles. The Morgan fingerprint density at radius 2 is 1.80 bits per heavy atom. The van der Waals surface area contributed by atoms with Crippen LogP contribution in [0.2, 0.25) is 0 Å². The monoisotopic (exact) mass is 430 g/mol. The number of aromatic nitrogens is 1. The smallest absolute Gasteiger partial charge is 0.230 e. The van der Waals surface area contributed by atoms with E-state index in [0.29, 0.717) is 0 Å². The fourth-order valence-electron chi connectivity index (χ4n) is 3.09. The highest BCUT2D eigenvalue weighted by atomic mass is 32.2. The van der Waals surface area contributed by atoms with Gasteiger partial charge in [-0.3, -0.25) is 4.79 Å². The van der Waals surface area contributed by atoms with Crippen LogP contribution in [0.3, 0.4) is 0 Å². The Bertz CT molecular complexity index is 1140. The maximum Gasteiger partial charge on any atom is 0.230 e. The van der Waals surface area contributed by atoms with Gasteiger partial charge in [-0.1, -0.05) is 66.2 Å². The summed E-state index contributed by atoms with van der Waals surface area (Å²) in [4.78, 5) is 18.4. The van der Waals surface area contributed by atoms with Gasteiger partial charge in [0.15, 0.2) is 0 Å². The van der Waals surface area contributed by atoms with E-state index in [1.54, 1.807) is 23.1 Å². The van der Waals surface area contributed by atoms with Gasteiger partial charge in [-0.25, -0.2) is 4.98 Å². The Balaban J connectivity index is 1.40. The largest absolute Gasteiger partial charge is 0.325 e. The van der Waals surface area contributed by atoms with Gasteiger partial charge >= 0.3 is 0 Å². The normalized spacial score (nSPS) is 10.7. The second-order valence-electron chi connectivity index (χ2n) is 7.01. The van der Waals surface area contributed by atoms with Crippen molar-refractivity contribution in [1.29, 1.82) is 0 Å². The zero-order valence-electron chi connectivity index (χ0n) is 16.7. The summed E-state index contributed by atoms with van der Waals surface area (Å²) in [6.07, 6.45) is 0.264. The quantitative estimate of drug-likeness (QED) is 0.336. The topological polar surface area (TPSA) is 42.0 Å². The lowest BCUT2D eigenvalue weighted by molar-refractivity contribution is -0.115.